The quantitative estimate of drug-likeness (QED) is 0.888. The maximum Gasteiger partial charge on any atom is 0.140 e. The minimum atomic E-state index is 0.515. The molecule has 2 nitrogen and oxygen atoms in total. The third-order valence-corrected chi connectivity index (χ3v) is 2.91. The van der Waals surface area contributed by atoms with Crippen molar-refractivity contribution < 1.29 is 0 Å². The second-order valence-corrected chi connectivity index (χ2v) is 4.36. The molecule has 1 N–H and O–H groups in total. The molecule has 1 aromatic rings. The molecular weight excluding hydrogens is 240 g/mol. The standard InChI is InChI=1S/C11H17BrN2/c1-4-9(5-2)14-11-10(12)6-8(3)7-13-11/h6-7,9H,4-5H2,1-3H3,(H,13,14). The molecule has 0 aromatic carbocycles. The van der Waals surface area contributed by atoms with Crippen LogP contribution < -0.4 is 5.32 Å². The molecule has 0 fully saturated rings. The van der Waals surface area contributed by atoms with Crippen LogP contribution in [-0.4, -0.2) is 11.0 Å². The van der Waals surface area contributed by atoms with Crippen molar-refractivity contribution in [3.8, 4) is 0 Å². The Kier molecular flexibility index (Phi) is 4.39. The highest BCUT2D eigenvalue weighted by Crippen LogP contribution is 2.22. The van der Waals surface area contributed by atoms with Gasteiger partial charge in [0.25, 0.3) is 0 Å². The zero-order valence-corrected chi connectivity index (χ0v) is 10.6. The van der Waals surface area contributed by atoms with E-state index in [0.717, 1.165) is 23.1 Å². The monoisotopic (exact) mass is 256 g/mol. The maximum atomic E-state index is 4.36. The predicted molar refractivity (Wildman–Crippen MR) is 64.7 cm³/mol. The number of hydrogen-bond acceptors (Lipinski definition) is 2. The summed E-state index contributed by atoms with van der Waals surface area (Å²) in [6.45, 7) is 6.41. The van der Waals surface area contributed by atoms with Crippen LogP contribution in [-0.2, 0) is 0 Å². The van der Waals surface area contributed by atoms with Gasteiger partial charge in [0.1, 0.15) is 5.82 Å². The van der Waals surface area contributed by atoms with E-state index in [1.807, 2.05) is 13.1 Å². The average Bonchev–Trinajstić information content (AvgIpc) is 2.17. The second-order valence-electron chi connectivity index (χ2n) is 3.50. The first kappa shape index (κ1) is 11.5. The molecule has 1 heterocycles. The van der Waals surface area contributed by atoms with Crippen LogP contribution in [0.1, 0.15) is 32.3 Å². The smallest absolute Gasteiger partial charge is 0.140 e. The van der Waals surface area contributed by atoms with Crippen molar-refractivity contribution in [3.05, 3.63) is 22.3 Å². The van der Waals surface area contributed by atoms with Gasteiger partial charge in [0.15, 0.2) is 0 Å². The lowest BCUT2D eigenvalue weighted by atomic mass is 10.2. The van der Waals surface area contributed by atoms with E-state index in [4.69, 9.17) is 0 Å². The van der Waals surface area contributed by atoms with Crippen LogP contribution >= 0.6 is 15.9 Å². The molecule has 14 heavy (non-hydrogen) atoms. The summed E-state index contributed by atoms with van der Waals surface area (Å²) in [7, 11) is 0. The molecule has 0 unspecified atom stereocenters. The Morgan fingerprint density at radius 2 is 2.07 bits per heavy atom. The number of nitrogens with one attached hydrogen (secondary N) is 1. The molecule has 1 rings (SSSR count). The summed E-state index contributed by atoms with van der Waals surface area (Å²) in [4.78, 5) is 4.36. The Balaban J connectivity index is 2.76. The molecule has 0 radical (unpaired) electrons. The molecule has 0 saturated carbocycles. The fourth-order valence-corrected chi connectivity index (χ4v) is 1.90. The van der Waals surface area contributed by atoms with E-state index in [9.17, 15) is 0 Å². The molecule has 3 heteroatoms. The van der Waals surface area contributed by atoms with Crippen molar-refractivity contribution in [2.45, 2.75) is 39.7 Å². The van der Waals surface area contributed by atoms with Crippen LogP contribution in [0, 0.1) is 6.92 Å². The SMILES string of the molecule is CCC(CC)Nc1ncc(C)cc1Br. The van der Waals surface area contributed by atoms with Gasteiger partial charge in [0.2, 0.25) is 0 Å². The number of aryl methyl sites for hydroxylation is 1. The Hall–Kier alpha value is -0.570. The van der Waals surface area contributed by atoms with Gasteiger partial charge in [-0.1, -0.05) is 13.8 Å². The molecule has 0 aliphatic carbocycles. The average molecular weight is 257 g/mol. The van der Waals surface area contributed by atoms with Crippen LogP contribution in [0.15, 0.2) is 16.7 Å². The van der Waals surface area contributed by atoms with Crippen molar-refractivity contribution in [3.63, 3.8) is 0 Å². The molecule has 1 aromatic heterocycles. The summed E-state index contributed by atoms with van der Waals surface area (Å²) in [5.74, 6) is 0.948. The molecule has 0 spiro atoms. The molecule has 0 bridgehead atoms. The van der Waals surface area contributed by atoms with Crippen LogP contribution in [0.2, 0.25) is 0 Å². The number of anilines is 1. The van der Waals surface area contributed by atoms with E-state index < -0.39 is 0 Å². The number of rotatable bonds is 4. The summed E-state index contributed by atoms with van der Waals surface area (Å²) in [5, 5.41) is 3.42. The maximum absolute atomic E-state index is 4.36. The first-order chi connectivity index (χ1) is 6.67. The highest BCUT2D eigenvalue weighted by atomic mass is 79.9. The second kappa shape index (κ2) is 5.35. The minimum Gasteiger partial charge on any atom is -0.366 e. The zero-order chi connectivity index (χ0) is 10.6. The highest BCUT2D eigenvalue weighted by Gasteiger charge is 2.06. The van der Waals surface area contributed by atoms with Crippen molar-refractivity contribution >= 4 is 21.7 Å². The zero-order valence-electron chi connectivity index (χ0n) is 8.97. The molecule has 0 aliphatic rings. The number of nitrogens with zero attached hydrogens (tertiary/aromatic N) is 1. The largest absolute Gasteiger partial charge is 0.366 e. The summed E-state index contributed by atoms with van der Waals surface area (Å²) in [6, 6.07) is 2.60. The van der Waals surface area contributed by atoms with Gasteiger partial charge < -0.3 is 5.32 Å². The molecule has 0 aliphatic heterocycles. The summed E-state index contributed by atoms with van der Waals surface area (Å²) in [5.41, 5.74) is 1.17. The van der Waals surface area contributed by atoms with Crippen LogP contribution in [0.5, 0.6) is 0 Å². The predicted octanol–water partition coefficient (Wildman–Crippen LogP) is 3.75. The number of aromatic nitrogens is 1. The fraction of sp³-hybridized carbons (Fsp3) is 0.545. The molecule has 78 valence electrons. The van der Waals surface area contributed by atoms with Crippen molar-refractivity contribution in [2.24, 2.45) is 0 Å². The van der Waals surface area contributed by atoms with Gasteiger partial charge in [-0.3, -0.25) is 0 Å². The van der Waals surface area contributed by atoms with E-state index in [-0.39, 0.29) is 0 Å². The summed E-state index contributed by atoms with van der Waals surface area (Å²) >= 11 is 3.51. The lowest BCUT2D eigenvalue weighted by molar-refractivity contribution is 0.668. The third kappa shape index (κ3) is 2.98. The van der Waals surface area contributed by atoms with Gasteiger partial charge in [-0.05, 0) is 47.3 Å². The molecule has 0 saturated heterocycles. The van der Waals surface area contributed by atoms with E-state index in [1.54, 1.807) is 0 Å². The number of pyridine rings is 1. The normalized spacial score (nSPS) is 10.6. The lowest BCUT2D eigenvalue weighted by Crippen LogP contribution is -2.18. The topological polar surface area (TPSA) is 24.9 Å². The van der Waals surface area contributed by atoms with Crippen molar-refractivity contribution in [2.75, 3.05) is 5.32 Å². The Bertz CT molecular complexity index is 295. The van der Waals surface area contributed by atoms with E-state index in [2.05, 4.69) is 46.1 Å². The van der Waals surface area contributed by atoms with Gasteiger partial charge in [0.05, 0.1) is 4.47 Å². The van der Waals surface area contributed by atoms with Crippen molar-refractivity contribution in [1.82, 2.24) is 4.98 Å². The van der Waals surface area contributed by atoms with Crippen LogP contribution in [0.4, 0.5) is 5.82 Å². The number of halogens is 1. The minimum absolute atomic E-state index is 0.515. The highest BCUT2D eigenvalue weighted by molar-refractivity contribution is 9.10. The summed E-state index contributed by atoms with van der Waals surface area (Å²) < 4.78 is 1.05. The van der Waals surface area contributed by atoms with Crippen molar-refractivity contribution in [1.29, 1.82) is 0 Å². The van der Waals surface area contributed by atoms with E-state index in [0.29, 0.717) is 6.04 Å². The molecule has 0 amide bonds. The first-order valence-electron chi connectivity index (χ1n) is 5.06. The number of hydrogen-bond donors (Lipinski definition) is 1. The van der Waals surface area contributed by atoms with Gasteiger partial charge in [-0.25, -0.2) is 4.98 Å². The van der Waals surface area contributed by atoms with Crippen LogP contribution in [0.25, 0.3) is 0 Å². The van der Waals surface area contributed by atoms with E-state index >= 15 is 0 Å². The fourth-order valence-electron chi connectivity index (χ4n) is 1.33. The van der Waals surface area contributed by atoms with Gasteiger partial charge in [0, 0.05) is 12.2 Å². The lowest BCUT2D eigenvalue weighted by Gasteiger charge is -2.16. The van der Waals surface area contributed by atoms with Gasteiger partial charge in [-0.15, -0.1) is 0 Å². The molecular formula is C11H17BrN2. The Labute approximate surface area is 94.3 Å². The Morgan fingerprint density at radius 3 is 2.57 bits per heavy atom. The van der Waals surface area contributed by atoms with Gasteiger partial charge in [-0.2, -0.15) is 0 Å². The summed E-state index contributed by atoms with van der Waals surface area (Å²) in [6.07, 6.45) is 4.13. The van der Waals surface area contributed by atoms with Gasteiger partial charge >= 0.3 is 0 Å². The Morgan fingerprint density at radius 1 is 1.43 bits per heavy atom. The third-order valence-electron chi connectivity index (χ3n) is 2.30. The van der Waals surface area contributed by atoms with E-state index in [1.165, 1.54) is 5.56 Å². The molecule has 0 atom stereocenters. The first-order valence-corrected chi connectivity index (χ1v) is 5.85. The van der Waals surface area contributed by atoms with Crippen LogP contribution in [0.3, 0.4) is 0 Å².